The summed E-state index contributed by atoms with van der Waals surface area (Å²) in [4.78, 5) is 51.6. The number of rotatable bonds is 5. The van der Waals surface area contributed by atoms with Crippen LogP contribution in [-0.4, -0.2) is 54.5 Å². The van der Waals surface area contributed by atoms with Crippen molar-refractivity contribution >= 4 is 50.1 Å². The average molecular weight is 582 g/mol. The van der Waals surface area contributed by atoms with E-state index in [4.69, 9.17) is 5.73 Å². The third kappa shape index (κ3) is 5.35. The topological polar surface area (TPSA) is 159 Å². The van der Waals surface area contributed by atoms with Crippen LogP contribution in [0.1, 0.15) is 49.2 Å². The molecule has 3 heterocycles. The summed E-state index contributed by atoms with van der Waals surface area (Å²) >= 11 is 1.14. The Kier molecular flexibility index (Phi) is 7.45. The number of carbonyl (C=O) groups is 4. The summed E-state index contributed by atoms with van der Waals surface area (Å²) < 4.78 is 28.0. The normalized spacial score (nSPS) is 15.1. The minimum absolute atomic E-state index is 0.0702. The standard InChI is InChI=1S/C27H27N5O6S2/c1-16(33)31-12-11-21-22(15-31)39-26(23(21)25(35)30-27(28)36)29-24(34)18-6-8-20(9-7-18)40(37,38)32-13-10-17-4-2-3-5-19(17)14-32/h2-9H,10-15H2,1H3,(H,29,34)(H3,28,30,35,36). The molecule has 0 bridgehead atoms. The molecule has 5 rings (SSSR count). The van der Waals surface area contributed by atoms with E-state index in [-0.39, 0.29) is 40.0 Å². The van der Waals surface area contributed by atoms with Gasteiger partial charge in [0, 0.05) is 37.0 Å². The molecule has 0 atom stereocenters. The highest BCUT2D eigenvalue weighted by molar-refractivity contribution is 7.89. The van der Waals surface area contributed by atoms with E-state index < -0.39 is 27.9 Å². The zero-order chi connectivity index (χ0) is 28.6. The maximum atomic E-state index is 13.3. The number of primary amides is 1. The molecule has 13 heteroatoms. The minimum atomic E-state index is -3.78. The fourth-order valence-electron chi connectivity index (χ4n) is 4.95. The third-order valence-corrected chi connectivity index (χ3v) is 10.0. The Bertz CT molecular complexity index is 1630. The van der Waals surface area contributed by atoms with Gasteiger partial charge in [-0.3, -0.25) is 19.7 Å². The fourth-order valence-corrected chi connectivity index (χ4v) is 7.63. The van der Waals surface area contributed by atoms with Gasteiger partial charge in [0.1, 0.15) is 5.00 Å². The van der Waals surface area contributed by atoms with E-state index in [2.05, 4.69) is 5.32 Å². The number of carbonyl (C=O) groups excluding carboxylic acids is 4. The highest BCUT2D eigenvalue weighted by atomic mass is 32.2. The van der Waals surface area contributed by atoms with Crippen LogP contribution >= 0.6 is 11.3 Å². The highest BCUT2D eigenvalue weighted by Gasteiger charge is 2.31. The predicted octanol–water partition coefficient (Wildman–Crippen LogP) is 2.46. The SMILES string of the molecule is CC(=O)N1CCc2c(sc(NC(=O)c3ccc(S(=O)(=O)N4CCc5ccccc5C4)cc3)c2C(=O)NC(N)=O)C1. The molecule has 0 fully saturated rings. The van der Waals surface area contributed by atoms with Gasteiger partial charge in [0.15, 0.2) is 0 Å². The molecule has 0 spiro atoms. The van der Waals surface area contributed by atoms with E-state index in [1.54, 1.807) is 4.90 Å². The molecule has 208 valence electrons. The Hall–Kier alpha value is -4.07. The predicted molar refractivity (Wildman–Crippen MR) is 148 cm³/mol. The molecule has 0 saturated carbocycles. The van der Waals surface area contributed by atoms with Gasteiger partial charge < -0.3 is 16.0 Å². The van der Waals surface area contributed by atoms with Crippen molar-refractivity contribution in [1.82, 2.24) is 14.5 Å². The first-order valence-electron chi connectivity index (χ1n) is 12.5. The third-order valence-electron chi connectivity index (χ3n) is 7.04. The maximum Gasteiger partial charge on any atom is 0.319 e. The van der Waals surface area contributed by atoms with Crippen LogP contribution < -0.4 is 16.4 Å². The molecule has 1 aromatic heterocycles. The minimum Gasteiger partial charge on any atom is -0.351 e. The molecule has 11 nitrogen and oxygen atoms in total. The summed E-state index contributed by atoms with van der Waals surface area (Å²) in [5.74, 6) is -1.43. The molecular formula is C27H27N5O6S2. The van der Waals surface area contributed by atoms with Gasteiger partial charge in [-0.05, 0) is 53.8 Å². The van der Waals surface area contributed by atoms with E-state index >= 15 is 0 Å². The number of thiophene rings is 1. The number of hydrogen-bond acceptors (Lipinski definition) is 7. The van der Waals surface area contributed by atoms with Gasteiger partial charge in [-0.2, -0.15) is 4.31 Å². The first-order valence-corrected chi connectivity index (χ1v) is 14.8. The van der Waals surface area contributed by atoms with Crippen molar-refractivity contribution in [3.05, 3.63) is 81.2 Å². The van der Waals surface area contributed by atoms with E-state index in [1.165, 1.54) is 35.5 Å². The van der Waals surface area contributed by atoms with Crippen LogP contribution in [0.15, 0.2) is 53.4 Å². The fraction of sp³-hybridized carbons (Fsp3) is 0.259. The van der Waals surface area contributed by atoms with Gasteiger partial charge in [-0.25, -0.2) is 13.2 Å². The number of sulfonamides is 1. The lowest BCUT2D eigenvalue weighted by Gasteiger charge is -2.28. The first-order chi connectivity index (χ1) is 19.0. The summed E-state index contributed by atoms with van der Waals surface area (Å²) in [7, 11) is -3.78. The number of fused-ring (bicyclic) bond motifs is 2. The van der Waals surface area contributed by atoms with Crippen molar-refractivity contribution in [1.29, 1.82) is 0 Å². The number of imide groups is 1. The van der Waals surface area contributed by atoms with Crippen LogP contribution in [-0.2, 0) is 40.7 Å². The van der Waals surface area contributed by atoms with E-state index in [0.717, 1.165) is 27.3 Å². The summed E-state index contributed by atoms with van der Waals surface area (Å²) in [6, 6.07) is 12.3. The number of nitrogens with zero attached hydrogens (tertiary/aromatic N) is 2. The number of benzene rings is 2. The smallest absolute Gasteiger partial charge is 0.319 e. The van der Waals surface area contributed by atoms with Gasteiger partial charge in [-0.15, -0.1) is 11.3 Å². The van der Waals surface area contributed by atoms with Crippen LogP contribution in [0, 0.1) is 0 Å². The number of hydrogen-bond donors (Lipinski definition) is 3. The lowest BCUT2D eigenvalue weighted by atomic mass is 10.0. The van der Waals surface area contributed by atoms with Crippen molar-refractivity contribution < 1.29 is 27.6 Å². The Morgan fingerprint density at radius 2 is 1.60 bits per heavy atom. The van der Waals surface area contributed by atoms with Gasteiger partial charge in [0.05, 0.1) is 17.0 Å². The van der Waals surface area contributed by atoms with Crippen LogP contribution in [0.4, 0.5) is 9.80 Å². The molecule has 3 aromatic rings. The van der Waals surface area contributed by atoms with Gasteiger partial charge >= 0.3 is 6.03 Å². The zero-order valence-corrected chi connectivity index (χ0v) is 23.2. The molecule has 2 aliphatic heterocycles. The van der Waals surface area contributed by atoms with E-state index in [0.29, 0.717) is 31.5 Å². The zero-order valence-electron chi connectivity index (χ0n) is 21.6. The number of amides is 5. The Morgan fingerprint density at radius 1 is 0.900 bits per heavy atom. The highest BCUT2D eigenvalue weighted by Crippen LogP contribution is 2.37. The van der Waals surface area contributed by atoms with Crippen molar-refractivity contribution in [2.75, 3.05) is 18.4 Å². The molecule has 0 aliphatic carbocycles. The number of nitrogens with one attached hydrogen (secondary N) is 2. The second-order valence-corrected chi connectivity index (χ2v) is 12.6. The van der Waals surface area contributed by atoms with Crippen molar-refractivity contribution in [2.45, 2.75) is 37.8 Å². The number of urea groups is 1. The van der Waals surface area contributed by atoms with Crippen molar-refractivity contribution in [3.8, 4) is 0 Å². The average Bonchev–Trinajstić information content (AvgIpc) is 3.29. The molecule has 40 heavy (non-hydrogen) atoms. The molecule has 0 saturated heterocycles. The molecule has 4 N–H and O–H groups in total. The van der Waals surface area contributed by atoms with Crippen molar-refractivity contribution in [2.24, 2.45) is 5.73 Å². The second kappa shape index (κ2) is 10.8. The summed E-state index contributed by atoms with van der Waals surface area (Å²) in [6.07, 6.45) is 0.993. The van der Waals surface area contributed by atoms with Crippen LogP contribution in [0.25, 0.3) is 0 Å². The summed E-state index contributed by atoms with van der Waals surface area (Å²) in [5.41, 5.74) is 8.19. The molecule has 2 aliphatic rings. The second-order valence-electron chi connectivity index (χ2n) is 9.55. The Labute approximate surface area is 235 Å². The lowest BCUT2D eigenvalue weighted by molar-refractivity contribution is -0.129. The molecule has 0 unspecified atom stereocenters. The monoisotopic (exact) mass is 581 g/mol. The molecular weight excluding hydrogens is 554 g/mol. The largest absolute Gasteiger partial charge is 0.351 e. The molecule has 0 radical (unpaired) electrons. The number of anilines is 1. The Morgan fingerprint density at radius 3 is 2.27 bits per heavy atom. The van der Waals surface area contributed by atoms with Crippen LogP contribution in [0.3, 0.4) is 0 Å². The summed E-state index contributed by atoms with van der Waals surface area (Å²) in [6.45, 7) is 2.76. The van der Waals surface area contributed by atoms with Crippen LogP contribution in [0.2, 0.25) is 0 Å². The quantitative estimate of drug-likeness (QED) is 0.420. The Balaban J connectivity index is 1.36. The lowest BCUT2D eigenvalue weighted by Crippen LogP contribution is -2.37. The summed E-state index contributed by atoms with van der Waals surface area (Å²) in [5, 5.41) is 4.98. The van der Waals surface area contributed by atoms with Gasteiger partial charge in [-0.1, -0.05) is 24.3 Å². The number of nitrogens with two attached hydrogens (primary N) is 1. The van der Waals surface area contributed by atoms with Gasteiger partial charge in [0.25, 0.3) is 11.8 Å². The van der Waals surface area contributed by atoms with E-state index in [1.807, 2.05) is 29.6 Å². The molecule has 5 amide bonds. The molecule has 2 aromatic carbocycles. The van der Waals surface area contributed by atoms with E-state index in [9.17, 15) is 27.6 Å². The maximum absolute atomic E-state index is 13.3. The van der Waals surface area contributed by atoms with Gasteiger partial charge in [0.2, 0.25) is 15.9 Å². The van der Waals surface area contributed by atoms with Crippen LogP contribution in [0.5, 0.6) is 0 Å². The first kappa shape index (κ1) is 27.5. The van der Waals surface area contributed by atoms with Crippen molar-refractivity contribution in [3.63, 3.8) is 0 Å².